The maximum atomic E-state index is 13.8. The van der Waals surface area contributed by atoms with Crippen LogP contribution in [0, 0.1) is 5.82 Å². The predicted octanol–water partition coefficient (Wildman–Crippen LogP) is 2.73. The SMILES string of the molecule is Fc1c(Cl)cc(C(F)(F)F)cc1[C@@H]1CNCCN1. The van der Waals surface area contributed by atoms with Gasteiger partial charge >= 0.3 is 6.18 Å². The summed E-state index contributed by atoms with van der Waals surface area (Å²) in [7, 11) is 0. The van der Waals surface area contributed by atoms with Crippen molar-refractivity contribution in [3.63, 3.8) is 0 Å². The van der Waals surface area contributed by atoms with Crippen LogP contribution < -0.4 is 10.6 Å². The summed E-state index contributed by atoms with van der Waals surface area (Å²) < 4.78 is 51.7. The van der Waals surface area contributed by atoms with Gasteiger partial charge in [-0.05, 0) is 12.1 Å². The molecule has 0 aliphatic carbocycles. The third kappa shape index (κ3) is 2.76. The largest absolute Gasteiger partial charge is 0.416 e. The minimum absolute atomic E-state index is 0.0537. The third-order valence-corrected chi connectivity index (χ3v) is 3.08. The smallest absolute Gasteiger partial charge is 0.314 e. The van der Waals surface area contributed by atoms with Gasteiger partial charge in [0, 0.05) is 31.2 Å². The Morgan fingerprint density at radius 2 is 1.94 bits per heavy atom. The van der Waals surface area contributed by atoms with Gasteiger partial charge in [0.25, 0.3) is 0 Å². The summed E-state index contributed by atoms with van der Waals surface area (Å²) in [5.41, 5.74) is -0.988. The van der Waals surface area contributed by atoms with Crippen LogP contribution in [0.4, 0.5) is 17.6 Å². The van der Waals surface area contributed by atoms with E-state index < -0.39 is 28.6 Å². The molecular formula is C11H11ClF4N2. The second-order valence-electron chi connectivity index (χ2n) is 4.07. The number of nitrogens with one attached hydrogen (secondary N) is 2. The molecule has 1 aromatic carbocycles. The third-order valence-electron chi connectivity index (χ3n) is 2.80. The van der Waals surface area contributed by atoms with Crippen LogP contribution in [-0.2, 0) is 6.18 Å². The van der Waals surface area contributed by atoms with E-state index in [1.54, 1.807) is 0 Å². The van der Waals surface area contributed by atoms with Crippen LogP contribution in [0.1, 0.15) is 17.2 Å². The van der Waals surface area contributed by atoms with Gasteiger partial charge in [-0.3, -0.25) is 0 Å². The van der Waals surface area contributed by atoms with E-state index in [1.807, 2.05) is 0 Å². The Bertz CT molecular complexity index is 441. The molecular weight excluding hydrogens is 272 g/mol. The Labute approximate surface area is 106 Å². The molecule has 1 atom stereocenters. The van der Waals surface area contributed by atoms with Crippen molar-refractivity contribution in [3.05, 3.63) is 34.1 Å². The van der Waals surface area contributed by atoms with Gasteiger partial charge in [0.05, 0.1) is 10.6 Å². The Balaban J connectivity index is 2.42. The van der Waals surface area contributed by atoms with E-state index in [1.165, 1.54) is 0 Å². The van der Waals surface area contributed by atoms with Crippen LogP contribution >= 0.6 is 11.6 Å². The van der Waals surface area contributed by atoms with Gasteiger partial charge in [-0.25, -0.2) is 4.39 Å². The van der Waals surface area contributed by atoms with E-state index in [9.17, 15) is 17.6 Å². The molecule has 0 bridgehead atoms. The number of alkyl halides is 3. The molecule has 100 valence electrons. The first-order chi connectivity index (χ1) is 8.39. The number of benzene rings is 1. The summed E-state index contributed by atoms with van der Waals surface area (Å²) >= 11 is 5.52. The first-order valence-corrected chi connectivity index (χ1v) is 5.77. The molecule has 1 aliphatic rings. The molecule has 18 heavy (non-hydrogen) atoms. The van der Waals surface area contributed by atoms with Crippen molar-refractivity contribution in [3.8, 4) is 0 Å². The standard InChI is InChI=1S/C11H11ClF4N2/c12-8-4-6(11(14,15)16)3-7(10(8)13)9-5-17-1-2-18-9/h3-4,9,17-18H,1-2,5H2/t9-/m0/s1. The topological polar surface area (TPSA) is 24.1 Å². The van der Waals surface area contributed by atoms with Gasteiger partial charge in [-0.1, -0.05) is 11.6 Å². The van der Waals surface area contributed by atoms with Gasteiger partial charge in [-0.15, -0.1) is 0 Å². The van der Waals surface area contributed by atoms with Crippen molar-refractivity contribution in [1.29, 1.82) is 0 Å². The first kappa shape index (κ1) is 13.6. The number of hydrogen-bond acceptors (Lipinski definition) is 2. The molecule has 0 aromatic heterocycles. The van der Waals surface area contributed by atoms with Gasteiger partial charge < -0.3 is 10.6 Å². The lowest BCUT2D eigenvalue weighted by Crippen LogP contribution is -2.43. The van der Waals surface area contributed by atoms with E-state index in [0.29, 0.717) is 25.7 Å². The molecule has 2 nitrogen and oxygen atoms in total. The fraction of sp³-hybridized carbons (Fsp3) is 0.455. The summed E-state index contributed by atoms with van der Waals surface area (Å²) in [6.45, 7) is 1.64. The highest BCUT2D eigenvalue weighted by molar-refractivity contribution is 6.30. The normalized spacial score (nSPS) is 21.1. The summed E-state index contributed by atoms with van der Waals surface area (Å²) in [4.78, 5) is 0. The zero-order valence-corrected chi connectivity index (χ0v) is 10.00. The lowest BCUT2D eigenvalue weighted by molar-refractivity contribution is -0.137. The molecule has 2 N–H and O–H groups in total. The number of hydrogen-bond donors (Lipinski definition) is 2. The molecule has 0 spiro atoms. The highest BCUT2D eigenvalue weighted by Gasteiger charge is 2.33. The maximum Gasteiger partial charge on any atom is 0.416 e. The zero-order chi connectivity index (χ0) is 13.3. The van der Waals surface area contributed by atoms with Crippen LogP contribution in [0.2, 0.25) is 5.02 Å². The van der Waals surface area contributed by atoms with Crippen LogP contribution in [0.5, 0.6) is 0 Å². The lowest BCUT2D eigenvalue weighted by atomic mass is 10.0. The van der Waals surface area contributed by atoms with E-state index in [4.69, 9.17) is 11.6 Å². The molecule has 7 heteroatoms. The van der Waals surface area contributed by atoms with Crippen LogP contribution in [-0.4, -0.2) is 19.6 Å². The highest BCUT2D eigenvalue weighted by atomic mass is 35.5. The highest BCUT2D eigenvalue weighted by Crippen LogP contribution is 2.35. The molecule has 0 unspecified atom stereocenters. The molecule has 0 amide bonds. The maximum absolute atomic E-state index is 13.8. The Kier molecular flexibility index (Phi) is 3.79. The van der Waals surface area contributed by atoms with Crippen LogP contribution in [0.15, 0.2) is 12.1 Å². The predicted molar refractivity (Wildman–Crippen MR) is 60.0 cm³/mol. The van der Waals surface area contributed by atoms with Gasteiger partial charge in [0.2, 0.25) is 0 Å². The summed E-state index contributed by atoms with van der Waals surface area (Å²) in [6, 6.07) is 0.918. The monoisotopic (exact) mass is 282 g/mol. The van der Waals surface area contributed by atoms with Crippen molar-refractivity contribution < 1.29 is 17.6 Å². The Morgan fingerprint density at radius 1 is 1.22 bits per heavy atom. The molecule has 1 saturated heterocycles. The van der Waals surface area contributed by atoms with E-state index in [0.717, 1.165) is 6.07 Å². The van der Waals surface area contributed by atoms with Gasteiger partial charge in [0.1, 0.15) is 5.82 Å². The van der Waals surface area contributed by atoms with Crippen molar-refractivity contribution >= 4 is 11.6 Å². The van der Waals surface area contributed by atoms with Gasteiger partial charge in [0.15, 0.2) is 0 Å². The number of piperazine rings is 1. The molecule has 1 heterocycles. The molecule has 0 saturated carbocycles. The summed E-state index contributed by atoms with van der Waals surface area (Å²) in [5, 5.41) is 5.43. The van der Waals surface area contributed by atoms with Crippen LogP contribution in [0.25, 0.3) is 0 Å². The molecule has 0 radical (unpaired) electrons. The second-order valence-corrected chi connectivity index (χ2v) is 4.48. The van der Waals surface area contributed by atoms with E-state index in [2.05, 4.69) is 10.6 Å². The van der Waals surface area contributed by atoms with Gasteiger partial charge in [-0.2, -0.15) is 13.2 Å². The van der Waals surface area contributed by atoms with Crippen LogP contribution in [0.3, 0.4) is 0 Å². The van der Waals surface area contributed by atoms with Crippen molar-refractivity contribution in [2.24, 2.45) is 0 Å². The molecule has 1 aromatic rings. The molecule has 1 fully saturated rings. The minimum atomic E-state index is -4.53. The fourth-order valence-electron chi connectivity index (χ4n) is 1.90. The summed E-state index contributed by atoms with van der Waals surface area (Å²) in [5.74, 6) is -0.800. The fourth-order valence-corrected chi connectivity index (χ4v) is 2.13. The van der Waals surface area contributed by atoms with Crippen molar-refractivity contribution in [1.82, 2.24) is 10.6 Å². The van der Waals surface area contributed by atoms with Crippen molar-refractivity contribution in [2.45, 2.75) is 12.2 Å². The molecule has 2 rings (SSSR count). The average molecular weight is 283 g/mol. The lowest BCUT2D eigenvalue weighted by Gasteiger charge is -2.26. The van der Waals surface area contributed by atoms with Crippen molar-refractivity contribution in [2.75, 3.05) is 19.6 Å². The Morgan fingerprint density at radius 3 is 2.50 bits per heavy atom. The number of rotatable bonds is 1. The zero-order valence-electron chi connectivity index (χ0n) is 9.24. The average Bonchev–Trinajstić information content (AvgIpc) is 2.32. The number of halogens is 5. The quantitative estimate of drug-likeness (QED) is 0.774. The van der Waals surface area contributed by atoms with E-state index in [-0.39, 0.29) is 5.56 Å². The van der Waals surface area contributed by atoms with E-state index >= 15 is 0 Å². The first-order valence-electron chi connectivity index (χ1n) is 5.40. The summed E-state index contributed by atoms with van der Waals surface area (Å²) in [6.07, 6.45) is -4.53. The minimum Gasteiger partial charge on any atom is -0.314 e. The second kappa shape index (κ2) is 5.03. The Hall–Kier alpha value is -0.850. The molecule has 1 aliphatic heterocycles.